The summed E-state index contributed by atoms with van der Waals surface area (Å²) in [5.74, 6) is 1.05. The summed E-state index contributed by atoms with van der Waals surface area (Å²) in [5.41, 5.74) is -3.97. The van der Waals surface area contributed by atoms with E-state index in [4.69, 9.17) is 11.2 Å². The highest BCUT2D eigenvalue weighted by atomic mass is 19.4. The minimum absolute atomic E-state index is 0.0124. The molecule has 7 heterocycles. The van der Waals surface area contributed by atoms with Crippen molar-refractivity contribution in [3.63, 3.8) is 0 Å². The van der Waals surface area contributed by atoms with Crippen LogP contribution in [0.5, 0.6) is 11.8 Å². The first kappa shape index (κ1) is 31.8. The Morgan fingerprint density at radius 1 is 1.14 bits per heavy atom. The van der Waals surface area contributed by atoms with Gasteiger partial charge in [0.2, 0.25) is 0 Å². The maximum atomic E-state index is 15.0. The van der Waals surface area contributed by atoms with Crippen LogP contribution >= 0.6 is 0 Å². The molecular formula is C35H34F4N6O4. The second kappa shape index (κ2) is 11.6. The van der Waals surface area contributed by atoms with Gasteiger partial charge in [-0.25, -0.2) is 4.39 Å². The van der Waals surface area contributed by atoms with Crippen molar-refractivity contribution in [2.24, 2.45) is 0 Å². The predicted octanol–water partition coefficient (Wildman–Crippen LogP) is 4.09. The highest BCUT2D eigenvalue weighted by Gasteiger charge is 2.50. The largest absolute Gasteiger partial charge is 0.508 e. The summed E-state index contributed by atoms with van der Waals surface area (Å²) in [6.45, 7) is 2.09. The topological polar surface area (TPSA) is 116 Å². The van der Waals surface area contributed by atoms with Gasteiger partial charge in [-0.1, -0.05) is 12.0 Å². The molecule has 2 aromatic heterocycles. The van der Waals surface area contributed by atoms with Gasteiger partial charge >= 0.3 is 12.2 Å². The third kappa shape index (κ3) is 5.09. The highest BCUT2D eigenvalue weighted by molar-refractivity contribution is 5.97. The van der Waals surface area contributed by atoms with Crippen molar-refractivity contribution in [3.05, 3.63) is 57.8 Å². The molecule has 9 rings (SSSR count). The van der Waals surface area contributed by atoms with Crippen molar-refractivity contribution in [2.45, 2.75) is 68.4 Å². The quantitative estimate of drug-likeness (QED) is 0.205. The van der Waals surface area contributed by atoms with E-state index in [9.17, 15) is 19.4 Å². The standard InChI is InChI=1S/C35H34F4N6O4/c1-2-24-26(36)7-4-19-12-23(47)13-27(29(19)24)45-28(35(37,38)39)14-25-30(32(45)48)41-33(42-31(25)43-16-20-5-6-21(43)15-40-20)49-18-34-9-3-11-44(34)22(17-46)8-10-34/h1,4,7,12-14,20-22,40,46-47H,3,5-6,8-11,15-18H2/t20?,21?,22-,34-/m1/s1. The zero-order valence-corrected chi connectivity index (χ0v) is 26.4. The van der Waals surface area contributed by atoms with Crippen molar-refractivity contribution in [2.75, 3.05) is 37.7 Å². The monoisotopic (exact) mass is 678 g/mol. The van der Waals surface area contributed by atoms with Crippen molar-refractivity contribution in [1.29, 1.82) is 0 Å². The number of piperazine rings is 1. The van der Waals surface area contributed by atoms with Gasteiger partial charge in [0.25, 0.3) is 5.56 Å². The van der Waals surface area contributed by atoms with E-state index in [2.05, 4.69) is 26.1 Å². The van der Waals surface area contributed by atoms with Gasteiger partial charge in [0.1, 0.15) is 35.2 Å². The van der Waals surface area contributed by atoms with Crippen LogP contribution < -0.4 is 20.5 Å². The average molecular weight is 679 g/mol. The number of aromatic hydroxyl groups is 1. The molecule has 49 heavy (non-hydrogen) atoms. The minimum atomic E-state index is -5.07. The molecule has 5 fully saturated rings. The number of rotatable bonds is 6. The molecule has 2 aromatic carbocycles. The molecule has 0 aliphatic carbocycles. The van der Waals surface area contributed by atoms with E-state index in [-0.39, 0.29) is 75.9 Å². The number of terminal acetylenes is 1. The molecule has 14 heteroatoms. The number of benzene rings is 2. The Balaban J connectivity index is 1.36. The summed E-state index contributed by atoms with van der Waals surface area (Å²) in [7, 11) is 0. The smallest absolute Gasteiger partial charge is 0.431 e. The number of pyridine rings is 1. The molecule has 3 N–H and O–H groups in total. The number of piperidine rings is 2. The summed E-state index contributed by atoms with van der Waals surface area (Å²) in [6.07, 6.45) is 5.60. The van der Waals surface area contributed by atoms with Gasteiger partial charge in [0.15, 0.2) is 0 Å². The number of nitrogens with one attached hydrogen (secondary N) is 1. The van der Waals surface area contributed by atoms with E-state index >= 15 is 13.2 Å². The molecule has 5 saturated heterocycles. The Kier molecular flexibility index (Phi) is 7.51. The van der Waals surface area contributed by atoms with Gasteiger partial charge in [-0.15, -0.1) is 6.42 Å². The number of nitrogens with zero attached hydrogens (tertiary/aromatic N) is 5. The number of alkyl halides is 3. The number of ether oxygens (including phenoxy) is 1. The molecule has 0 amide bonds. The zero-order chi connectivity index (χ0) is 34.2. The first-order valence-corrected chi connectivity index (χ1v) is 16.5. The van der Waals surface area contributed by atoms with Crippen LogP contribution in [0, 0.1) is 18.2 Å². The van der Waals surface area contributed by atoms with Crippen LogP contribution in [0.4, 0.5) is 23.4 Å². The Morgan fingerprint density at radius 3 is 2.67 bits per heavy atom. The number of phenolic OH excluding ortho intramolecular Hbond substituents is 1. The van der Waals surface area contributed by atoms with E-state index in [0.717, 1.165) is 63.3 Å². The number of aliphatic hydroxyl groups excluding tert-OH is 1. The summed E-state index contributed by atoms with van der Waals surface area (Å²) >= 11 is 0. The Morgan fingerprint density at radius 2 is 1.98 bits per heavy atom. The summed E-state index contributed by atoms with van der Waals surface area (Å²) in [6, 6.07) is 5.25. The molecule has 0 radical (unpaired) electrons. The van der Waals surface area contributed by atoms with Gasteiger partial charge in [0, 0.05) is 42.7 Å². The molecule has 2 bridgehead atoms. The van der Waals surface area contributed by atoms with Crippen LogP contribution in [-0.2, 0) is 6.18 Å². The molecule has 5 aliphatic rings. The summed E-state index contributed by atoms with van der Waals surface area (Å²) in [4.78, 5) is 27.9. The SMILES string of the molecule is C#Cc1c(F)ccc2cc(O)cc(-n3c(C(F)(F)F)cc4c(N5CC6CCC5CN6)nc(OC[C@]56CCCN5[C@@H](CO)CC6)nc4c3=O)c12. The first-order valence-electron chi connectivity index (χ1n) is 16.5. The Labute approximate surface area is 278 Å². The van der Waals surface area contributed by atoms with Gasteiger partial charge in [0.05, 0.1) is 28.8 Å². The fourth-order valence-corrected chi connectivity index (χ4v) is 8.57. The van der Waals surface area contributed by atoms with E-state index in [1.165, 1.54) is 12.1 Å². The maximum Gasteiger partial charge on any atom is 0.431 e. The predicted molar refractivity (Wildman–Crippen MR) is 174 cm³/mol. The lowest BCUT2D eigenvalue weighted by Crippen LogP contribution is -2.61. The van der Waals surface area contributed by atoms with Gasteiger partial charge in [-0.2, -0.15) is 23.1 Å². The fraction of sp³-hybridized carbons (Fsp3) is 0.457. The van der Waals surface area contributed by atoms with Crippen molar-refractivity contribution in [3.8, 4) is 29.8 Å². The lowest BCUT2D eigenvalue weighted by atomic mass is 9.93. The van der Waals surface area contributed by atoms with Crippen LogP contribution in [0.2, 0.25) is 0 Å². The third-order valence-electron chi connectivity index (χ3n) is 10.9. The van der Waals surface area contributed by atoms with Crippen molar-refractivity contribution >= 4 is 27.5 Å². The Bertz CT molecular complexity index is 2090. The summed E-state index contributed by atoms with van der Waals surface area (Å²) in [5, 5.41) is 23.9. The van der Waals surface area contributed by atoms with E-state index in [1.807, 2.05) is 4.90 Å². The van der Waals surface area contributed by atoms with Crippen LogP contribution in [0.15, 0.2) is 35.1 Å². The zero-order valence-electron chi connectivity index (χ0n) is 26.4. The van der Waals surface area contributed by atoms with Crippen molar-refractivity contribution in [1.82, 2.24) is 24.8 Å². The second-order valence-corrected chi connectivity index (χ2v) is 13.6. The summed E-state index contributed by atoms with van der Waals surface area (Å²) < 4.78 is 66.7. The third-order valence-corrected chi connectivity index (χ3v) is 10.9. The molecule has 256 valence electrons. The molecule has 4 aromatic rings. The number of halogens is 4. The van der Waals surface area contributed by atoms with Crippen molar-refractivity contribution < 1.29 is 32.5 Å². The van der Waals surface area contributed by atoms with Gasteiger partial charge in [-0.05, 0) is 68.7 Å². The Hall–Kier alpha value is -4.45. The lowest BCUT2D eigenvalue weighted by molar-refractivity contribution is -0.142. The number of aliphatic hydroxyl groups is 1. The number of aromatic nitrogens is 3. The highest BCUT2D eigenvalue weighted by Crippen LogP contribution is 2.43. The number of fused-ring (bicyclic) bond motifs is 6. The number of hydrogen-bond acceptors (Lipinski definition) is 9. The molecule has 2 unspecified atom stereocenters. The molecule has 0 spiro atoms. The number of anilines is 1. The maximum absolute atomic E-state index is 15.0. The average Bonchev–Trinajstić information content (AvgIpc) is 3.66. The molecule has 0 saturated carbocycles. The minimum Gasteiger partial charge on any atom is -0.508 e. The first-order chi connectivity index (χ1) is 23.5. The molecule has 10 nitrogen and oxygen atoms in total. The molecule has 4 atom stereocenters. The second-order valence-electron chi connectivity index (χ2n) is 13.6. The van der Waals surface area contributed by atoms with Crippen LogP contribution in [0.1, 0.15) is 49.8 Å². The number of phenols is 1. The number of hydrogen-bond donors (Lipinski definition) is 3. The van der Waals surface area contributed by atoms with Crippen LogP contribution in [-0.4, -0.2) is 86.2 Å². The van der Waals surface area contributed by atoms with Crippen LogP contribution in [0.3, 0.4) is 0 Å². The van der Waals surface area contributed by atoms with Gasteiger partial charge < -0.3 is 25.2 Å². The van der Waals surface area contributed by atoms with E-state index in [0.29, 0.717) is 17.7 Å². The molecular weight excluding hydrogens is 644 g/mol. The lowest BCUT2D eigenvalue weighted by Gasteiger charge is -2.46. The normalized spacial score (nSPS) is 25.3. The van der Waals surface area contributed by atoms with Crippen LogP contribution in [0.25, 0.3) is 27.4 Å². The fourth-order valence-electron chi connectivity index (χ4n) is 8.57. The van der Waals surface area contributed by atoms with E-state index in [1.54, 1.807) is 0 Å². The molecule has 5 aliphatic heterocycles. The van der Waals surface area contributed by atoms with Gasteiger partial charge in [-0.3, -0.25) is 14.3 Å². The van der Waals surface area contributed by atoms with E-state index < -0.39 is 34.7 Å².